The molecule has 1 aliphatic heterocycles. The SMILES string of the molecule is CCC(C)NN1CCOC1=O. The van der Waals surface area contributed by atoms with E-state index in [0.29, 0.717) is 19.2 Å². The molecule has 1 rings (SSSR count). The zero-order valence-electron chi connectivity index (χ0n) is 6.96. The molecule has 0 aromatic carbocycles. The molecule has 11 heavy (non-hydrogen) atoms. The maximum Gasteiger partial charge on any atom is 0.424 e. The Labute approximate surface area is 66.5 Å². The standard InChI is InChI=1S/C7H14N2O2/c1-3-6(2)8-9-4-5-11-7(9)10/h6,8H,3-5H2,1-2H3. The number of cyclic esters (lactones) is 1. The molecular weight excluding hydrogens is 144 g/mol. The molecule has 0 aliphatic carbocycles. The first-order chi connectivity index (χ1) is 5.24. The molecule has 0 saturated carbocycles. The molecule has 0 aromatic rings. The molecule has 1 heterocycles. The van der Waals surface area contributed by atoms with E-state index >= 15 is 0 Å². The second kappa shape index (κ2) is 3.57. The van der Waals surface area contributed by atoms with Crippen LogP contribution in [0, 0.1) is 0 Å². The Hall–Kier alpha value is -0.770. The molecule has 1 atom stereocenters. The van der Waals surface area contributed by atoms with Crippen LogP contribution in [0.15, 0.2) is 0 Å². The Morgan fingerprint density at radius 3 is 3.00 bits per heavy atom. The Kier molecular flexibility index (Phi) is 2.70. The van der Waals surface area contributed by atoms with Gasteiger partial charge in [-0.25, -0.2) is 15.2 Å². The number of hydrazine groups is 1. The van der Waals surface area contributed by atoms with E-state index in [1.807, 2.05) is 6.92 Å². The summed E-state index contributed by atoms with van der Waals surface area (Å²) in [7, 11) is 0. The fourth-order valence-corrected chi connectivity index (χ4v) is 0.868. The van der Waals surface area contributed by atoms with Crippen LogP contribution in [-0.4, -0.2) is 30.3 Å². The van der Waals surface area contributed by atoms with Gasteiger partial charge in [0.25, 0.3) is 0 Å². The van der Waals surface area contributed by atoms with Crippen molar-refractivity contribution in [2.45, 2.75) is 26.3 Å². The number of ether oxygens (including phenoxy) is 1. The summed E-state index contributed by atoms with van der Waals surface area (Å²) in [4.78, 5) is 10.9. The number of rotatable bonds is 3. The zero-order chi connectivity index (χ0) is 8.27. The highest BCUT2D eigenvalue weighted by Crippen LogP contribution is 2.01. The van der Waals surface area contributed by atoms with Gasteiger partial charge >= 0.3 is 6.09 Å². The van der Waals surface area contributed by atoms with Crippen LogP contribution in [0.4, 0.5) is 4.79 Å². The van der Waals surface area contributed by atoms with Crippen LogP contribution in [0.5, 0.6) is 0 Å². The van der Waals surface area contributed by atoms with Gasteiger partial charge in [-0.05, 0) is 13.3 Å². The molecule has 1 unspecified atom stereocenters. The monoisotopic (exact) mass is 158 g/mol. The Bertz CT molecular complexity index is 149. The van der Waals surface area contributed by atoms with Crippen LogP contribution < -0.4 is 5.43 Å². The van der Waals surface area contributed by atoms with Gasteiger partial charge in [-0.1, -0.05) is 6.92 Å². The number of hydrogen-bond donors (Lipinski definition) is 1. The van der Waals surface area contributed by atoms with Gasteiger partial charge < -0.3 is 4.74 Å². The Morgan fingerprint density at radius 2 is 2.55 bits per heavy atom. The van der Waals surface area contributed by atoms with Gasteiger partial charge in [0.1, 0.15) is 6.61 Å². The van der Waals surface area contributed by atoms with Gasteiger partial charge in [0.15, 0.2) is 0 Å². The number of amides is 1. The van der Waals surface area contributed by atoms with Crippen LogP contribution in [0.1, 0.15) is 20.3 Å². The molecule has 0 spiro atoms. The van der Waals surface area contributed by atoms with Crippen LogP contribution in [0.3, 0.4) is 0 Å². The summed E-state index contributed by atoms with van der Waals surface area (Å²) in [6.07, 6.45) is 0.745. The van der Waals surface area contributed by atoms with E-state index in [0.717, 1.165) is 6.42 Å². The molecule has 0 bridgehead atoms. The summed E-state index contributed by atoms with van der Waals surface area (Å²) in [6.45, 7) is 5.26. The van der Waals surface area contributed by atoms with Crippen LogP contribution >= 0.6 is 0 Å². The molecular formula is C7H14N2O2. The predicted octanol–water partition coefficient (Wildman–Crippen LogP) is 0.742. The van der Waals surface area contributed by atoms with Crippen molar-refractivity contribution in [3.8, 4) is 0 Å². The van der Waals surface area contributed by atoms with Crippen molar-refractivity contribution in [1.82, 2.24) is 10.4 Å². The van der Waals surface area contributed by atoms with Crippen molar-refractivity contribution in [1.29, 1.82) is 0 Å². The van der Waals surface area contributed by atoms with Gasteiger partial charge in [-0.2, -0.15) is 0 Å². The molecule has 1 aliphatic rings. The van der Waals surface area contributed by atoms with Crippen molar-refractivity contribution in [3.05, 3.63) is 0 Å². The fourth-order valence-electron chi connectivity index (χ4n) is 0.868. The van der Waals surface area contributed by atoms with Crippen molar-refractivity contribution >= 4 is 6.09 Å². The maximum atomic E-state index is 10.9. The molecule has 1 N–H and O–H groups in total. The largest absolute Gasteiger partial charge is 0.447 e. The zero-order valence-corrected chi connectivity index (χ0v) is 6.96. The van der Waals surface area contributed by atoms with E-state index in [1.54, 1.807) is 0 Å². The third-order valence-corrected chi connectivity index (χ3v) is 1.75. The third kappa shape index (κ3) is 2.08. The Balaban J connectivity index is 2.30. The van der Waals surface area contributed by atoms with E-state index in [4.69, 9.17) is 4.74 Å². The van der Waals surface area contributed by atoms with Crippen molar-refractivity contribution in [2.24, 2.45) is 0 Å². The topological polar surface area (TPSA) is 41.6 Å². The van der Waals surface area contributed by atoms with E-state index in [-0.39, 0.29) is 6.09 Å². The summed E-state index contributed by atoms with van der Waals surface area (Å²) in [5.41, 5.74) is 3.04. The molecule has 1 amide bonds. The first kappa shape index (κ1) is 8.33. The van der Waals surface area contributed by atoms with Crippen molar-refractivity contribution in [2.75, 3.05) is 13.2 Å². The van der Waals surface area contributed by atoms with Crippen LogP contribution in [0.25, 0.3) is 0 Å². The van der Waals surface area contributed by atoms with Gasteiger partial charge in [-0.15, -0.1) is 0 Å². The van der Waals surface area contributed by atoms with Gasteiger partial charge in [0.2, 0.25) is 0 Å². The van der Waals surface area contributed by atoms with Gasteiger partial charge in [0.05, 0.1) is 6.54 Å². The Morgan fingerprint density at radius 1 is 1.82 bits per heavy atom. The maximum absolute atomic E-state index is 10.9. The number of nitrogens with zero attached hydrogens (tertiary/aromatic N) is 1. The minimum atomic E-state index is -0.259. The van der Waals surface area contributed by atoms with Gasteiger partial charge in [-0.3, -0.25) is 0 Å². The smallest absolute Gasteiger partial charge is 0.424 e. The first-order valence-electron chi connectivity index (χ1n) is 3.94. The quantitative estimate of drug-likeness (QED) is 0.658. The summed E-state index contributed by atoms with van der Waals surface area (Å²) >= 11 is 0. The molecule has 4 heteroatoms. The van der Waals surface area contributed by atoms with Gasteiger partial charge in [0, 0.05) is 6.04 Å². The molecule has 64 valence electrons. The highest BCUT2D eigenvalue weighted by atomic mass is 16.6. The van der Waals surface area contributed by atoms with E-state index in [9.17, 15) is 4.79 Å². The molecule has 1 saturated heterocycles. The van der Waals surface area contributed by atoms with E-state index in [2.05, 4.69) is 12.3 Å². The molecule has 0 radical (unpaired) electrons. The highest BCUT2D eigenvalue weighted by molar-refractivity contribution is 5.68. The van der Waals surface area contributed by atoms with Crippen LogP contribution in [-0.2, 0) is 4.74 Å². The van der Waals surface area contributed by atoms with Crippen LogP contribution in [0.2, 0.25) is 0 Å². The number of carbonyl (C=O) groups excluding carboxylic acids is 1. The molecule has 4 nitrogen and oxygen atoms in total. The normalized spacial score (nSPS) is 20.2. The summed E-state index contributed by atoms with van der Waals surface area (Å²) in [6, 6.07) is 0.334. The number of nitrogens with one attached hydrogen (secondary N) is 1. The molecule has 1 fully saturated rings. The van der Waals surface area contributed by atoms with Crippen molar-refractivity contribution in [3.63, 3.8) is 0 Å². The van der Waals surface area contributed by atoms with E-state index < -0.39 is 0 Å². The first-order valence-corrected chi connectivity index (χ1v) is 3.94. The lowest BCUT2D eigenvalue weighted by molar-refractivity contribution is 0.139. The second-order valence-corrected chi connectivity index (χ2v) is 2.70. The summed E-state index contributed by atoms with van der Waals surface area (Å²) in [5, 5.41) is 1.52. The summed E-state index contributed by atoms with van der Waals surface area (Å²) < 4.78 is 4.74. The van der Waals surface area contributed by atoms with E-state index in [1.165, 1.54) is 5.01 Å². The average Bonchev–Trinajstić information content (AvgIpc) is 2.37. The fraction of sp³-hybridized carbons (Fsp3) is 0.857. The molecule has 0 aromatic heterocycles. The second-order valence-electron chi connectivity index (χ2n) is 2.70. The minimum absolute atomic E-state index is 0.259. The predicted molar refractivity (Wildman–Crippen MR) is 40.9 cm³/mol. The summed E-state index contributed by atoms with van der Waals surface area (Å²) in [5.74, 6) is 0. The lowest BCUT2D eigenvalue weighted by atomic mass is 10.3. The van der Waals surface area contributed by atoms with Crippen molar-refractivity contribution < 1.29 is 9.53 Å². The average molecular weight is 158 g/mol. The number of carbonyl (C=O) groups is 1. The number of hydrogen-bond acceptors (Lipinski definition) is 3. The highest BCUT2D eigenvalue weighted by Gasteiger charge is 2.22. The lowest BCUT2D eigenvalue weighted by Gasteiger charge is -2.18. The minimum Gasteiger partial charge on any atom is -0.447 e. The third-order valence-electron chi connectivity index (χ3n) is 1.75. The lowest BCUT2D eigenvalue weighted by Crippen LogP contribution is -2.43.